The molecule has 3 heterocycles. The summed E-state index contributed by atoms with van der Waals surface area (Å²) in [6.45, 7) is 3.85. The summed E-state index contributed by atoms with van der Waals surface area (Å²) in [7, 11) is 2.00. The molecule has 29 heavy (non-hydrogen) atoms. The van der Waals surface area contributed by atoms with Gasteiger partial charge in [-0.05, 0) is 49.7 Å². The fourth-order valence-corrected chi connectivity index (χ4v) is 5.44. The van der Waals surface area contributed by atoms with Gasteiger partial charge in [-0.15, -0.1) is 11.3 Å². The van der Waals surface area contributed by atoms with Crippen LogP contribution in [0.3, 0.4) is 0 Å². The lowest BCUT2D eigenvalue weighted by Gasteiger charge is -2.22. The molecule has 4 aromatic rings. The average molecular weight is 422 g/mol. The van der Waals surface area contributed by atoms with E-state index < -0.39 is 0 Å². The lowest BCUT2D eigenvalue weighted by Crippen LogP contribution is -2.27. The molecule has 0 aliphatic carbocycles. The third-order valence-corrected chi connectivity index (χ3v) is 7.32. The molecule has 1 aliphatic heterocycles. The second-order valence-electron chi connectivity index (χ2n) is 7.61. The van der Waals surface area contributed by atoms with Crippen LogP contribution in [0, 0.1) is 11.7 Å². The van der Waals surface area contributed by atoms with Gasteiger partial charge in [0.15, 0.2) is 10.6 Å². The van der Waals surface area contributed by atoms with Crippen LogP contribution in [0.25, 0.3) is 21.6 Å². The summed E-state index contributed by atoms with van der Waals surface area (Å²) >= 11 is 7.53. The standard InChI is InChI=1S/C22H23N5S2/c1-15-8-3-4-9-16(15)20-24-27(22(28)25(20)2)14-26-13-7-11-18(26)21-23-17-10-5-6-12-19(17)29-21/h3-6,8-10,12,18H,7,11,13-14H2,1-2H3/t18-/m1/s1. The van der Waals surface area contributed by atoms with Crippen molar-refractivity contribution in [2.75, 3.05) is 6.54 Å². The predicted molar refractivity (Wildman–Crippen MR) is 121 cm³/mol. The first kappa shape index (κ1) is 18.7. The van der Waals surface area contributed by atoms with E-state index in [-0.39, 0.29) is 0 Å². The molecule has 1 fully saturated rings. The van der Waals surface area contributed by atoms with E-state index in [1.165, 1.54) is 21.7 Å². The number of benzene rings is 2. The monoisotopic (exact) mass is 421 g/mol. The topological polar surface area (TPSA) is 38.9 Å². The van der Waals surface area contributed by atoms with Crippen molar-refractivity contribution >= 4 is 33.8 Å². The molecule has 1 saturated heterocycles. The summed E-state index contributed by atoms with van der Waals surface area (Å²) in [6, 6.07) is 17.0. The van der Waals surface area contributed by atoms with Gasteiger partial charge in [0.05, 0.1) is 22.9 Å². The van der Waals surface area contributed by atoms with Crippen LogP contribution in [0.5, 0.6) is 0 Å². The van der Waals surface area contributed by atoms with Gasteiger partial charge in [0.1, 0.15) is 5.01 Å². The van der Waals surface area contributed by atoms with Crippen LogP contribution >= 0.6 is 23.6 Å². The van der Waals surface area contributed by atoms with Gasteiger partial charge in [-0.2, -0.15) is 5.10 Å². The number of nitrogens with zero attached hydrogens (tertiary/aromatic N) is 5. The molecule has 0 saturated carbocycles. The summed E-state index contributed by atoms with van der Waals surface area (Å²) < 4.78 is 5.98. The Morgan fingerprint density at radius 2 is 1.93 bits per heavy atom. The summed E-state index contributed by atoms with van der Waals surface area (Å²) in [5.41, 5.74) is 3.43. The van der Waals surface area contributed by atoms with Gasteiger partial charge in [0, 0.05) is 19.2 Å². The number of hydrogen-bond acceptors (Lipinski definition) is 5. The van der Waals surface area contributed by atoms with Crippen molar-refractivity contribution in [1.82, 2.24) is 24.2 Å². The smallest absolute Gasteiger partial charge is 0.199 e. The zero-order chi connectivity index (χ0) is 20.0. The van der Waals surface area contributed by atoms with Crippen molar-refractivity contribution in [2.24, 2.45) is 7.05 Å². The van der Waals surface area contributed by atoms with Gasteiger partial charge in [0.25, 0.3) is 0 Å². The quantitative estimate of drug-likeness (QED) is 0.418. The fraction of sp³-hybridized carbons (Fsp3) is 0.318. The molecule has 1 aliphatic rings. The molecule has 0 radical (unpaired) electrons. The minimum Gasteiger partial charge on any atom is -0.303 e. The third kappa shape index (κ3) is 3.33. The molecule has 0 amide bonds. The maximum Gasteiger partial charge on any atom is 0.199 e. The van der Waals surface area contributed by atoms with Gasteiger partial charge >= 0.3 is 0 Å². The second-order valence-corrected chi connectivity index (χ2v) is 9.04. The van der Waals surface area contributed by atoms with E-state index in [0.717, 1.165) is 34.6 Å². The number of fused-ring (bicyclic) bond motifs is 1. The predicted octanol–water partition coefficient (Wildman–Crippen LogP) is 5.33. The molecule has 5 rings (SSSR count). The van der Waals surface area contributed by atoms with Crippen LogP contribution in [0.4, 0.5) is 0 Å². The van der Waals surface area contributed by atoms with E-state index >= 15 is 0 Å². The van der Waals surface area contributed by atoms with Gasteiger partial charge in [-0.3, -0.25) is 4.90 Å². The summed E-state index contributed by atoms with van der Waals surface area (Å²) in [6.07, 6.45) is 2.30. The molecular formula is C22H23N5S2. The van der Waals surface area contributed by atoms with E-state index in [9.17, 15) is 0 Å². The Kier molecular flexibility index (Phi) is 4.81. The number of rotatable bonds is 4. The minimum absolute atomic E-state index is 0.332. The summed E-state index contributed by atoms with van der Waals surface area (Å²) in [4.78, 5) is 7.37. The van der Waals surface area contributed by atoms with Crippen LogP contribution in [0.1, 0.15) is 29.5 Å². The fourth-order valence-electron chi connectivity index (χ4n) is 4.12. The van der Waals surface area contributed by atoms with Crippen molar-refractivity contribution in [3.05, 3.63) is 63.9 Å². The highest BCUT2D eigenvalue weighted by molar-refractivity contribution is 7.71. The molecule has 2 aromatic heterocycles. The first-order valence-electron chi connectivity index (χ1n) is 9.91. The highest BCUT2D eigenvalue weighted by atomic mass is 32.1. The van der Waals surface area contributed by atoms with Crippen molar-refractivity contribution in [2.45, 2.75) is 32.5 Å². The maximum absolute atomic E-state index is 5.72. The molecule has 0 bridgehead atoms. The largest absolute Gasteiger partial charge is 0.303 e. The number of aryl methyl sites for hydroxylation is 1. The van der Waals surface area contributed by atoms with Gasteiger partial charge in [-0.25, -0.2) is 9.67 Å². The van der Waals surface area contributed by atoms with Crippen molar-refractivity contribution in [1.29, 1.82) is 0 Å². The van der Waals surface area contributed by atoms with Crippen LogP contribution < -0.4 is 0 Å². The number of likely N-dealkylation sites (tertiary alicyclic amines) is 1. The van der Waals surface area contributed by atoms with Crippen molar-refractivity contribution in [3.8, 4) is 11.4 Å². The van der Waals surface area contributed by atoms with Gasteiger partial charge in [0.2, 0.25) is 0 Å². The first-order chi connectivity index (χ1) is 14.1. The maximum atomic E-state index is 5.72. The molecule has 0 N–H and O–H groups in total. The van der Waals surface area contributed by atoms with E-state index in [4.69, 9.17) is 22.3 Å². The Bertz CT molecular complexity index is 1200. The highest BCUT2D eigenvalue weighted by Gasteiger charge is 2.29. The second kappa shape index (κ2) is 7.48. The third-order valence-electron chi connectivity index (χ3n) is 5.70. The SMILES string of the molecule is Cc1ccccc1-c1nn(CN2CCC[C@@H]2c2nc3ccccc3s2)c(=S)n1C. The molecular weight excluding hydrogens is 398 g/mol. The Morgan fingerprint density at radius 1 is 1.14 bits per heavy atom. The van der Waals surface area contributed by atoms with E-state index in [1.54, 1.807) is 11.3 Å². The Balaban J connectivity index is 1.46. The van der Waals surface area contributed by atoms with Gasteiger partial charge < -0.3 is 4.57 Å². The van der Waals surface area contributed by atoms with Gasteiger partial charge in [-0.1, -0.05) is 36.4 Å². The zero-order valence-corrected chi connectivity index (χ0v) is 18.2. The van der Waals surface area contributed by atoms with Crippen LogP contribution in [0.2, 0.25) is 0 Å². The summed E-state index contributed by atoms with van der Waals surface area (Å²) in [5.74, 6) is 0.920. The van der Waals surface area contributed by atoms with E-state index in [0.29, 0.717) is 12.7 Å². The highest BCUT2D eigenvalue weighted by Crippen LogP contribution is 2.36. The molecule has 2 aromatic carbocycles. The molecule has 148 valence electrons. The number of para-hydroxylation sites is 1. The van der Waals surface area contributed by atoms with Crippen LogP contribution in [0.15, 0.2) is 48.5 Å². The van der Waals surface area contributed by atoms with Crippen molar-refractivity contribution in [3.63, 3.8) is 0 Å². The molecule has 0 spiro atoms. The normalized spacial score (nSPS) is 17.4. The zero-order valence-electron chi connectivity index (χ0n) is 16.6. The number of aromatic nitrogens is 4. The Morgan fingerprint density at radius 3 is 2.76 bits per heavy atom. The Hall–Kier alpha value is -2.35. The minimum atomic E-state index is 0.332. The average Bonchev–Trinajstić information content (AvgIpc) is 3.42. The molecule has 7 heteroatoms. The van der Waals surface area contributed by atoms with Crippen molar-refractivity contribution < 1.29 is 0 Å². The van der Waals surface area contributed by atoms with Crippen LogP contribution in [-0.2, 0) is 13.7 Å². The number of hydrogen-bond donors (Lipinski definition) is 0. The molecule has 5 nitrogen and oxygen atoms in total. The summed E-state index contributed by atoms with van der Waals surface area (Å²) in [5, 5.41) is 6.09. The van der Waals surface area contributed by atoms with E-state index in [1.807, 2.05) is 22.4 Å². The molecule has 1 atom stereocenters. The number of thiazole rings is 1. The lowest BCUT2D eigenvalue weighted by atomic mass is 10.1. The molecule has 0 unspecified atom stereocenters. The lowest BCUT2D eigenvalue weighted by molar-refractivity contribution is 0.190. The van der Waals surface area contributed by atoms with Crippen LogP contribution in [-0.4, -0.2) is 30.8 Å². The van der Waals surface area contributed by atoms with E-state index in [2.05, 4.69) is 54.3 Å². The first-order valence-corrected chi connectivity index (χ1v) is 11.1. The Labute approximate surface area is 179 Å².